The third kappa shape index (κ3) is 2.03. The number of nitrogens with zero attached hydrogens (tertiary/aromatic N) is 2. The molecule has 1 unspecified atom stereocenters. The molecule has 5 heteroatoms. The molecule has 0 saturated carbocycles. The molecule has 1 aromatic rings. The molecule has 1 aliphatic rings. The first kappa shape index (κ1) is 13.1. The molecular weight excluding hydrogens is 297 g/mol. The van der Waals surface area contributed by atoms with Gasteiger partial charge in [0, 0.05) is 16.6 Å². The van der Waals surface area contributed by atoms with Gasteiger partial charge in [0.2, 0.25) is 0 Å². The maximum atomic E-state index is 14.1. The Kier molecular flexibility index (Phi) is 3.43. The number of guanidine groups is 1. The summed E-state index contributed by atoms with van der Waals surface area (Å²) in [4.78, 5) is 6.09. The molecule has 0 spiro atoms. The van der Waals surface area contributed by atoms with Crippen molar-refractivity contribution >= 4 is 21.9 Å². The average Bonchev–Trinajstić information content (AvgIpc) is 2.58. The van der Waals surface area contributed by atoms with E-state index in [1.54, 1.807) is 12.1 Å². The van der Waals surface area contributed by atoms with Crippen molar-refractivity contribution in [3.8, 4) is 0 Å². The largest absolute Gasteiger partial charge is 0.370 e. The minimum absolute atomic E-state index is 0.258. The highest BCUT2D eigenvalue weighted by atomic mass is 79.9. The zero-order valence-electron chi connectivity index (χ0n) is 10.2. The molecule has 0 saturated heterocycles. The van der Waals surface area contributed by atoms with E-state index in [1.165, 1.54) is 6.07 Å². The van der Waals surface area contributed by atoms with Crippen molar-refractivity contribution in [3.63, 3.8) is 0 Å². The lowest BCUT2D eigenvalue weighted by molar-refractivity contribution is 0.237. The van der Waals surface area contributed by atoms with Crippen molar-refractivity contribution in [2.24, 2.45) is 10.7 Å². The highest BCUT2D eigenvalue weighted by Crippen LogP contribution is 2.34. The summed E-state index contributed by atoms with van der Waals surface area (Å²) in [5.41, 5.74) is 5.90. The van der Waals surface area contributed by atoms with Crippen LogP contribution in [0, 0.1) is 5.82 Å². The van der Waals surface area contributed by atoms with Crippen LogP contribution < -0.4 is 5.73 Å². The van der Waals surface area contributed by atoms with Crippen molar-refractivity contribution in [1.82, 2.24) is 4.90 Å². The number of nitrogens with two attached hydrogens (primary N) is 1. The fourth-order valence-electron chi connectivity index (χ4n) is 2.24. The van der Waals surface area contributed by atoms with Gasteiger partial charge in [-0.3, -0.25) is 4.99 Å². The summed E-state index contributed by atoms with van der Waals surface area (Å²) < 4.78 is 14.8. The fraction of sp³-hybridized carbons (Fsp3) is 0.308. The van der Waals surface area contributed by atoms with Gasteiger partial charge in [0.1, 0.15) is 5.82 Å². The Balaban J connectivity index is 2.45. The van der Waals surface area contributed by atoms with Gasteiger partial charge >= 0.3 is 0 Å². The van der Waals surface area contributed by atoms with Crippen LogP contribution in [-0.2, 0) is 5.54 Å². The maximum absolute atomic E-state index is 14.1. The summed E-state index contributed by atoms with van der Waals surface area (Å²) in [5.74, 6) is 0.172. The predicted molar refractivity (Wildman–Crippen MR) is 74.8 cm³/mol. The van der Waals surface area contributed by atoms with Crippen LogP contribution in [0.3, 0.4) is 0 Å². The lowest BCUT2D eigenvalue weighted by Crippen LogP contribution is -2.47. The van der Waals surface area contributed by atoms with Gasteiger partial charge < -0.3 is 10.6 Å². The van der Waals surface area contributed by atoms with Crippen LogP contribution in [0.15, 0.2) is 40.3 Å². The Morgan fingerprint density at radius 3 is 3.00 bits per heavy atom. The zero-order valence-corrected chi connectivity index (χ0v) is 11.7. The molecule has 0 radical (unpaired) electrons. The van der Waals surface area contributed by atoms with Crippen molar-refractivity contribution in [3.05, 3.63) is 46.7 Å². The molecule has 2 N–H and O–H groups in total. The molecule has 1 atom stereocenters. The monoisotopic (exact) mass is 311 g/mol. The zero-order chi connectivity index (χ0) is 13.3. The summed E-state index contributed by atoms with van der Waals surface area (Å²) in [6, 6.07) is 5.05. The Morgan fingerprint density at radius 1 is 1.67 bits per heavy atom. The Labute approximate surface area is 114 Å². The normalized spacial score (nSPS) is 23.1. The third-order valence-electron chi connectivity index (χ3n) is 3.24. The van der Waals surface area contributed by atoms with E-state index in [0.29, 0.717) is 24.6 Å². The van der Waals surface area contributed by atoms with Crippen molar-refractivity contribution < 1.29 is 4.39 Å². The van der Waals surface area contributed by atoms with Crippen LogP contribution >= 0.6 is 15.9 Å². The molecule has 0 aliphatic carbocycles. The van der Waals surface area contributed by atoms with Crippen LogP contribution in [0.4, 0.5) is 4.39 Å². The number of hydrogen-bond acceptors (Lipinski definition) is 3. The van der Waals surface area contributed by atoms with Crippen LogP contribution in [0.25, 0.3) is 0 Å². The van der Waals surface area contributed by atoms with Gasteiger partial charge in [0.25, 0.3) is 0 Å². The van der Waals surface area contributed by atoms with E-state index in [2.05, 4.69) is 27.5 Å². The van der Waals surface area contributed by atoms with E-state index in [9.17, 15) is 4.39 Å². The Bertz CT molecular complexity index is 515. The molecule has 0 bridgehead atoms. The predicted octanol–water partition coefficient (Wildman–Crippen LogP) is 2.62. The molecule has 1 aromatic carbocycles. The topological polar surface area (TPSA) is 41.6 Å². The highest BCUT2D eigenvalue weighted by Gasteiger charge is 2.40. The smallest absolute Gasteiger partial charge is 0.192 e. The second-order valence-corrected chi connectivity index (χ2v) is 5.39. The minimum Gasteiger partial charge on any atom is -0.370 e. The van der Waals surface area contributed by atoms with Crippen LogP contribution in [0.5, 0.6) is 0 Å². The van der Waals surface area contributed by atoms with E-state index in [1.807, 2.05) is 17.9 Å². The van der Waals surface area contributed by atoms with Gasteiger partial charge in [-0.1, -0.05) is 28.1 Å². The van der Waals surface area contributed by atoms with Gasteiger partial charge in [-0.2, -0.15) is 0 Å². The van der Waals surface area contributed by atoms with Gasteiger partial charge in [-0.25, -0.2) is 4.39 Å². The van der Waals surface area contributed by atoms with Gasteiger partial charge in [-0.15, -0.1) is 6.58 Å². The van der Waals surface area contributed by atoms with Gasteiger partial charge in [0.15, 0.2) is 5.96 Å². The number of aliphatic imine (C=N–C) groups is 1. The first-order chi connectivity index (χ1) is 8.49. The number of hydrogen-bond donors (Lipinski definition) is 1. The standard InChI is InChI=1S/C13H15BrFN3/c1-3-6-18-12(16)17-8-13(18,2)10-5-4-9(14)7-11(10)15/h3-5,7H,1,6,8H2,2H3,(H2,16,17). The lowest BCUT2D eigenvalue weighted by Gasteiger charge is -2.36. The highest BCUT2D eigenvalue weighted by molar-refractivity contribution is 9.10. The maximum Gasteiger partial charge on any atom is 0.192 e. The first-order valence-electron chi connectivity index (χ1n) is 5.63. The molecule has 3 nitrogen and oxygen atoms in total. The van der Waals surface area contributed by atoms with E-state index >= 15 is 0 Å². The molecular formula is C13H15BrFN3. The molecule has 96 valence electrons. The third-order valence-corrected chi connectivity index (χ3v) is 3.74. The van der Waals surface area contributed by atoms with E-state index in [0.717, 1.165) is 4.47 Å². The van der Waals surface area contributed by atoms with E-state index in [-0.39, 0.29) is 5.82 Å². The second-order valence-electron chi connectivity index (χ2n) is 4.47. The molecule has 2 rings (SSSR count). The molecule has 0 aromatic heterocycles. The van der Waals surface area contributed by atoms with Crippen LogP contribution in [0.1, 0.15) is 12.5 Å². The molecule has 0 amide bonds. The summed E-state index contributed by atoms with van der Waals surface area (Å²) in [7, 11) is 0. The van der Waals surface area contributed by atoms with Crippen LogP contribution in [-0.4, -0.2) is 23.9 Å². The summed E-state index contributed by atoms with van der Waals surface area (Å²) in [5, 5.41) is 0. The quantitative estimate of drug-likeness (QED) is 0.872. The summed E-state index contributed by atoms with van der Waals surface area (Å²) in [6.07, 6.45) is 1.74. The van der Waals surface area contributed by atoms with Gasteiger partial charge in [0.05, 0.1) is 12.1 Å². The minimum atomic E-state index is -0.553. The number of rotatable bonds is 3. The van der Waals surface area contributed by atoms with Gasteiger partial charge in [-0.05, 0) is 19.1 Å². The van der Waals surface area contributed by atoms with Crippen molar-refractivity contribution in [2.75, 3.05) is 13.1 Å². The van der Waals surface area contributed by atoms with E-state index in [4.69, 9.17) is 5.73 Å². The number of benzene rings is 1. The lowest BCUT2D eigenvalue weighted by atomic mass is 9.90. The number of halogens is 2. The average molecular weight is 312 g/mol. The second kappa shape index (κ2) is 4.72. The first-order valence-corrected chi connectivity index (χ1v) is 6.42. The Hall–Kier alpha value is -1.36. The molecule has 18 heavy (non-hydrogen) atoms. The van der Waals surface area contributed by atoms with E-state index < -0.39 is 5.54 Å². The van der Waals surface area contributed by atoms with Crippen LogP contribution in [0.2, 0.25) is 0 Å². The SMILES string of the molecule is C=CCN1C(N)=NCC1(C)c1ccc(Br)cc1F. The summed E-state index contributed by atoms with van der Waals surface area (Å²) >= 11 is 3.26. The Morgan fingerprint density at radius 2 is 2.39 bits per heavy atom. The molecule has 0 fully saturated rings. The fourth-order valence-corrected chi connectivity index (χ4v) is 2.57. The summed E-state index contributed by atoms with van der Waals surface area (Å²) in [6.45, 7) is 6.63. The van der Waals surface area contributed by atoms with Crippen molar-refractivity contribution in [2.45, 2.75) is 12.5 Å². The molecule has 1 aliphatic heterocycles. The molecule has 1 heterocycles. The van der Waals surface area contributed by atoms with Crippen molar-refractivity contribution in [1.29, 1.82) is 0 Å².